The normalized spacial score (nSPS) is 19.1. The van der Waals surface area contributed by atoms with E-state index in [9.17, 15) is 13.2 Å². The summed E-state index contributed by atoms with van der Waals surface area (Å²) in [7, 11) is -1.56. The van der Waals surface area contributed by atoms with Crippen molar-refractivity contribution in [2.45, 2.75) is 6.42 Å². The molecule has 0 unspecified atom stereocenters. The van der Waals surface area contributed by atoms with Crippen LogP contribution < -0.4 is 14.9 Å². The van der Waals surface area contributed by atoms with Crippen LogP contribution in [0.5, 0.6) is 11.5 Å². The summed E-state index contributed by atoms with van der Waals surface area (Å²) in [5.41, 5.74) is 3.08. The third-order valence-corrected chi connectivity index (χ3v) is 5.30. The molecule has 1 aromatic carbocycles. The van der Waals surface area contributed by atoms with Gasteiger partial charge in [0.2, 0.25) is 5.91 Å². The molecule has 0 aromatic heterocycles. The van der Waals surface area contributed by atoms with Crippen molar-refractivity contribution in [3.63, 3.8) is 0 Å². The van der Waals surface area contributed by atoms with Gasteiger partial charge in [-0.25, -0.2) is 13.8 Å². The van der Waals surface area contributed by atoms with Gasteiger partial charge < -0.3 is 9.47 Å². The average molecular weight is 352 g/mol. The molecule has 1 amide bonds. The van der Waals surface area contributed by atoms with Gasteiger partial charge in [-0.05, 0) is 30.2 Å². The van der Waals surface area contributed by atoms with Crippen molar-refractivity contribution >= 4 is 22.0 Å². The van der Waals surface area contributed by atoms with Gasteiger partial charge in [0.1, 0.15) is 6.61 Å². The predicted octanol–water partition coefficient (Wildman–Crippen LogP) is 1.14. The monoisotopic (exact) mass is 352 g/mol. The zero-order chi connectivity index (χ0) is 17.6. The summed E-state index contributed by atoms with van der Waals surface area (Å²) in [4.78, 5) is 11.9. The number of sulfone groups is 1. The van der Waals surface area contributed by atoms with Gasteiger partial charge in [0.15, 0.2) is 21.3 Å². The molecule has 2 rings (SSSR count). The van der Waals surface area contributed by atoms with Crippen LogP contribution in [0, 0.1) is 5.92 Å². The van der Waals surface area contributed by atoms with Crippen LogP contribution in [-0.4, -0.2) is 45.8 Å². The maximum absolute atomic E-state index is 11.9. The third kappa shape index (κ3) is 4.82. The molecule has 0 spiro atoms. The summed E-state index contributed by atoms with van der Waals surface area (Å²) in [6.45, 7) is 3.95. The van der Waals surface area contributed by atoms with Crippen LogP contribution in [0.3, 0.4) is 0 Å². The molecule has 1 fully saturated rings. The van der Waals surface area contributed by atoms with E-state index >= 15 is 0 Å². The van der Waals surface area contributed by atoms with E-state index in [1.165, 1.54) is 13.3 Å². The smallest absolute Gasteiger partial charge is 0.244 e. The first-order valence-electron chi connectivity index (χ1n) is 7.40. The highest BCUT2D eigenvalue weighted by Crippen LogP contribution is 2.27. The lowest BCUT2D eigenvalue weighted by Gasteiger charge is -2.09. The highest BCUT2D eigenvalue weighted by Gasteiger charge is 2.32. The maximum atomic E-state index is 11.9. The number of benzene rings is 1. The molecular weight excluding hydrogens is 332 g/mol. The van der Waals surface area contributed by atoms with Gasteiger partial charge in [-0.15, -0.1) is 0 Å². The van der Waals surface area contributed by atoms with E-state index < -0.39 is 15.8 Å². The Morgan fingerprint density at radius 2 is 2.25 bits per heavy atom. The Hall–Kier alpha value is -2.35. The van der Waals surface area contributed by atoms with Crippen molar-refractivity contribution in [3.05, 3.63) is 36.4 Å². The molecular formula is C16H20N2O5S. The van der Waals surface area contributed by atoms with Crippen LogP contribution in [0.15, 0.2) is 36.0 Å². The number of rotatable bonds is 7. The number of carbonyl (C=O) groups is 1. The number of nitrogens with one attached hydrogen (secondary N) is 1. The topological polar surface area (TPSA) is 94.1 Å². The summed E-state index contributed by atoms with van der Waals surface area (Å²) in [6.07, 6.45) is 3.43. The first-order valence-corrected chi connectivity index (χ1v) is 9.22. The molecule has 1 aliphatic heterocycles. The SMILES string of the molecule is C=CCOc1ccc(/C=N\NC(=O)[C@@H]2CCS(=O)(=O)C2)cc1OC. The molecule has 1 N–H and O–H groups in total. The van der Waals surface area contributed by atoms with Gasteiger partial charge in [-0.2, -0.15) is 5.10 Å². The lowest BCUT2D eigenvalue weighted by molar-refractivity contribution is -0.124. The first-order chi connectivity index (χ1) is 11.4. The highest BCUT2D eigenvalue weighted by atomic mass is 32.2. The molecule has 0 aliphatic carbocycles. The lowest BCUT2D eigenvalue weighted by atomic mass is 10.1. The van der Waals surface area contributed by atoms with Gasteiger partial charge in [0.05, 0.1) is 30.7 Å². The predicted molar refractivity (Wildman–Crippen MR) is 91.2 cm³/mol. The standard InChI is InChI=1S/C16H20N2O5S/c1-3-7-23-14-5-4-12(9-15(14)22-2)10-17-18-16(19)13-6-8-24(20,21)11-13/h3-5,9-10,13H,1,6-8,11H2,2H3,(H,18,19)/b17-10-/t13-/m1/s1. The Morgan fingerprint density at radius 1 is 1.46 bits per heavy atom. The van der Waals surface area contributed by atoms with E-state index in [0.717, 1.165) is 0 Å². The first kappa shape index (κ1) is 18.0. The number of methoxy groups -OCH3 is 1. The van der Waals surface area contributed by atoms with Crippen molar-refractivity contribution < 1.29 is 22.7 Å². The maximum Gasteiger partial charge on any atom is 0.244 e. The average Bonchev–Trinajstić information content (AvgIpc) is 2.93. The number of hydrogen-bond donors (Lipinski definition) is 1. The van der Waals surface area contributed by atoms with Gasteiger partial charge in [-0.3, -0.25) is 4.79 Å². The summed E-state index contributed by atoms with van der Waals surface area (Å²) in [5.74, 6) is 0.140. The van der Waals surface area contributed by atoms with Crippen molar-refractivity contribution in [1.82, 2.24) is 5.43 Å². The molecule has 8 heteroatoms. The van der Waals surface area contributed by atoms with E-state index in [-0.39, 0.29) is 17.4 Å². The van der Waals surface area contributed by atoms with E-state index in [1.807, 2.05) is 0 Å². The quantitative estimate of drug-likeness (QED) is 0.451. The lowest BCUT2D eigenvalue weighted by Crippen LogP contribution is -2.27. The summed E-state index contributed by atoms with van der Waals surface area (Å²) in [6, 6.07) is 5.21. The minimum atomic E-state index is -3.09. The van der Waals surface area contributed by atoms with Crippen LogP contribution in [0.4, 0.5) is 0 Å². The number of carbonyl (C=O) groups excluding carboxylic acids is 1. The molecule has 1 atom stereocenters. The van der Waals surface area contributed by atoms with Gasteiger partial charge in [0.25, 0.3) is 0 Å². The molecule has 1 saturated heterocycles. The Bertz CT molecular complexity index is 743. The van der Waals surface area contributed by atoms with Crippen LogP contribution in [-0.2, 0) is 14.6 Å². The number of nitrogens with zero attached hydrogens (tertiary/aromatic N) is 1. The molecule has 0 saturated carbocycles. The summed E-state index contributed by atoms with van der Waals surface area (Å²) in [5, 5.41) is 3.87. The largest absolute Gasteiger partial charge is 0.493 e. The van der Waals surface area contributed by atoms with Crippen molar-refractivity contribution in [3.8, 4) is 11.5 Å². The highest BCUT2D eigenvalue weighted by molar-refractivity contribution is 7.91. The zero-order valence-corrected chi connectivity index (χ0v) is 14.2. The van der Waals surface area contributed by atoms with Crippen LogP contribution in [0.25, 0.3) is 0 Å². The fourth-order valence-electron chi connectivity index (χ4n) is 2.30. The molecule has 1 heterocycles. The Morgan fingerprint density at radius 3 is 2.88 bits per heavy atom. The fourth-order valence-corrected chi connectivity index (χ4v) is 4.04. The Kier molecular flexibility index (Phi) is 5.97. The summed E-state index contributed by atoms with van der Waals surface area (Å²) < 4.78 is 33.4. The zero-order valence-electron chi connectivity index (χ0n) is 13.4. The van der Waals surface area contributed by atoms with Gasteiger partial charge >= 0.3 is 0 Å². The second-order valence-electron chi connectivity index (χ2n) is 5.34. The van der Waals surface area contributed by atoms with Crippen molar-refractivity contribution in [2.75, 3.05) is 25.2 Å². The molecule has 7 nitrogen and oxygen atoms in total. The summed E-state index contributed by atoms with van der Waals surface area (Å²) >= 11 is 0. The molecule has 1 aliphatic rings. The van der Waals surface area contributed by atoms with Gasteiger partial charge in [-0.1, -0.05) is 12.7 Å². The molecule has 130 valence electrons. The minimum absolute atomic E-state index is 0.0537. The molecule has 0 radical (unpaired) electrons. The van der Waals surface area contributed by atoms with Crippen LogP contribution >= 0.6 is 0 Å². The van der Waals surface area contributed by atoms with E-state index in [4.69, 9.17) is 9.47 Å². The van der Waals surface area contributed by atoms with E-state index in [0.29, 0.717) is 30.1 Å². The second-order valence-corrected chi connectivity index (χ2v) is 7.57. The van der Waals surface area contributed by atoms with E-state index in [2.05, 4.69) is 17.1 Å². The van der Waals surface area contributed by atoms with Crippen LogP contribution in [0.1, 0.15) is 12.0 Å². The third-order valence-electron chi connectivity index (χ3n) is 3.54. The molecule has 0 bridgehead atoms. The minimum Gasteiger partial charge on any atom is -0.493 e. The van der Waals surface area contributed by atoms with Crippen molar-refractivity contribution in [2.24, 2.45) is 11.0 Å². The van der Waals surface area contributed by atoms with E-state index in [1.54, 1.807) is 24.3 Å². The molecule has 24 heavy (non-hydrogen) atoms. The number of amides is 1. The van der Waals surface area contributed by atoms with Crippen LogP contribution in [0.2, 0.25) is 0 Å². The Balaban J connectivity index is 1.96. The number of hydrogen-bond acceptors (Lipinski definition) is 6. The number of ether oxygens (including phenoxy) is 2. The number of hydrazone groups is 1. The molecule has 1 aromatic rings. The van der Waals surface area contributed by atoms with Gasteiger partial charge in [0, 0.05) is 0 Å². The fraction of sp³-hybridized carbons (Fsp3) is 0.375. The Labute approximate surface area is 141 Å². The van der Waals surface area contributed by atoms with Crippen molar-refractivity contribution in [1.29, 1.82) is 0 Å². The second kappa shape index (κ2) is 7.96.